The molecule has 3 atom stereocenters. The van der Waals surface area contributed by atoms with Crippen molar-refractivity contribution in [2.24, 2.45) is 5.73 Å². The van der Waals surface area contributed by atoms with Crippen molar-refractivity contribution in [1.82, 2.24) is 15.2 Å². The number of aryl methyl sites for hydroxylation is 1. The van der Waals surface area contributed by atoms with E-state index in [0.717, 1.165) is 38.2 Å². The molecule has 3 aromatic carbocycles. The number of aromatic amines is 1. The summed E-state index contributed by atoms with van der Waals surface area (Å²) in [6, 6.07) is 18.3. The highest BCUT2D eigenvalue weighted by Gasteiger charge is 2.53. The van der Waals surface area contributed by atoms with Crippen molar-refractivity contribution in [3.63, 3.8) is 0 Å². The second-order valence-electron chi connectivity index (χ2n) is 10.8. The van der Waals surface area contributed by atoms with Gasteiger partial charge in [-0.15, -0.1) is 0 Å². The molecule has 3 heterocycles. The quantitative estimate of drug-likeness (QED) is 0.234. The molecule has 2 aliphatic rings. The number of hydrogen-bond acceptors (Lipinski definition) is 5. The zero-order valence-electron chi connectivity index (χ0n) is 23.2. The minimum Gasteiger partial charge on any atom is -0.480 e. The van der Waals surface area contributed by atoms with E-state index >= 15 is 0 Å². The van der Waals surface area contributed by atoms with Crippen LogP contribution < -0.4 is 16.0 Å². The predicted molar refractivity (Wildman–Crippen MR) is 157 cm³/mol. The highest BCUT2D eigenvalue weighted by atomic mass is 16.4. The maximum absolute atomic E-state index is 14.2. The van der Waals surface area contributed by atoms with Gasteiger partial charge in [0.25, 0.3) is 11.8 Å². The van der Waals surface area contributed by atoms with Gasteiger partial charge in [0.05, 0.1) is 11.3 Å². The SMILES string of the molecule is Cc1ccc([C@H]2c3[nH]c4ccccc4c3C[C@H]3C(=O)N(c4ccccc4C(=O)N[C@H](CCC(N)=O)C(=O)O)C(=O)N23)cc1. The van der Waals surface area contributed by atoms with Crippen molar-refractivity contribution in [2.45, 2.75) is 44.3 Å². The monoisotopic (exact) mass is 579 g/mol. The number of fused-ring (bicyclic) bond motifs is 4. The number of aliphatic carboxylic acids is 1. The summed E-state index contributed by atoms with van der Waals surface area (Å²) in [4.78, 5) is 70.7. The van der Waals surface area contributed by atoms with Crippen molar-refractivity contribution >= 4 is 46.3 Å². The molecule has 11 nitrogen and oxygen atoms in total. The maximum Gasteiger partial charge on any atom is 0.332 e. The number of anilines is 1. The zero-order valence-corrected chi connectivity index (χ0v) is 23.2. The Morgan fingerprint density at radius 1 is 1.02 bits per heavy atom. The summed E-state index contributed by atoms with van der Waals surface area (Å²) < 4.78 is 0. The molecule has 5 amide bonds. The normalized spacial score (nSPS) is 18.3. The minimum absolute atomic E-state index is 0.0413. The number of hydrogen-bond donors (Lipinski definition) is 4. The summed E-state index contributed by atoms with van der Waals surface area (Å²) in [5.74, 6) is -3.33. The third-order valence-electron chi connectivity index (χ3n) is 8.11. The fourth-order valence-corrected chi connectivity index (χ4v) is 6.03. The van der Waals surface area contributed by atoms with Crippen molar-refractivity contribution in [3.05, 3.63) is 101 Å². The lowest BCUT2D eigenvalue weighted by atomic mass is 9.88. The number of carboxylic acid groups (broad SMARTS) is 1. The number of aromatic nitrogens is 1. The van der Waals surface area contributed by atoms with Crippen LogP contribution in [0.25, 0.3) is 10.9 Å². The van der Waals surface area contributed by atoms with Gasteiger partial charge in [-0.1, -0.05) is 60.2 Å². The average molecular weight is 580 g/mol. The van der Waals surface area contributed by atoms with E-state index in [1.54, 1.807) is 17.0 Å². The van der Waals surface area contributed by atoms with Gasteiger partial charge in [0, 0.05) is 29.4 Å². The molecule has 1 aromatic heterocycles. The van der Waals surface area contributed by atoms with Gasteiger partial charge in [-0.05, 0) is 42.7 Å². The molecule has 11 heteroatoms. The Labute approximate surface area is 246 Å². The smallest absolute Gasteiger partial charge is 0.332 e. The lowest BCUT2D eigenvalue weighted by Gasteiger charge is -2.36. The second-order valence-corrected chi connectivity index (χ2v) is 10.8. The largest absolute Gasteiger partial charge is 0.480 e. The van der Waals surface area contributed by atoms with Crippen LogP contribution in [0, 0.1) is 6.92 Å². The van der Waals surface area contributed by atoms with Gasteiger partial charge in [-0.2, -0.15) is 0 Å². The van der Waals surface area contributed by atoms with Crippen LogP contribution in [-0.4, -0.2) is 56.8 Å². The first-order valence-electron chi connectivity index (χ1n) is 13.9. The number of primary amides is 1. The van der Waals surface area contributed by atoms with Gasteiger partial charge in [0.15, 0.2) is 0 Å². The third-order valence-corrected chi connectivity index (χ3v) is 8.11. The summed E-state index contributed by atoms with van der Waals surface area (Å²) >= 11 is 0. The molecule has 0 radical (unpaired) electrons. The highest BCUT2D eigenvalue weighted by molar-refractivity contribution is 6.24. The van der Waals surface area contributed by atoms with E-state index in [1.807, 2.05) is 55.5 Å². The van der Waals surface area contributed by atoms with E-state index in [4.69, 9.17) is 5.73 Å². The minimum atomic E-state index is -1.39. The Bertz CT molecular complexity index is 1800. The summed E-state index contributed by atoms with van der Waals surface area (Å²) in [6.45, 7) is 1.97. The van der Waals surface area contributed by atoms with Crippen molar-refractivity contribution in [2.75, 3.05) is 4.90 Å². The number of nitrogens with zero attached hydrogens (tertiary/aromatic N) is 2. The first-order chi connectivity index (χ1) is 20.7. The molecule has 0 bridgehead atoms. The molecule has 1 saturated heterocycles. The Balaban J connectivity index is 1.40. The van der Waals surface area contributed by atoms with E-state index < -0.39 is 47.8 Å². The fourth-order valence-electron chi connectivity index (χ4n) is 6.03. The van der Waals surface area contributed by atoms with Crippen molar-refractivity contribution in [3.8, 4) is 0 Å². The van der Waals surface area contributed by atoms with Crippen LogP contribution in [0.1, 0.15) is 51.6 Å². The number of imide groups is 1. The Hall–Kier alpha value is -5.45. The molecule has 0 spiro atoms. The number of para-hydroxylation sites is 2. The molecular formula is C32H29N5O6. The second kappa shape index (κ2) is 10.8. The van der Waals surface area contributed by atoms with E-state index in [0.29, 0.717) is 0 Å². The first-order valence-corrected chi connectivity index (χ1v) is 13.9. The summed E-state index contributed by atoms with van der Waals surface area (Å²) in [7, 11) is 0. The average Bonchev–Trinajstić information content (AvgIpc) is 3.48. The molecule has 6 rings (SSSR count). The Kier molecular flexibility index (Phi) is 6.93. The van der Waals surface area contributed by atoms with Crippen LogP contribution in [0.2, 0.25) is 0 Å². The van der Waals surface area contributed by atoms with Gasteiger partial charge in [0.1, 0.15) is 18.1 Å². The number of urea groups is 1. The lowest BCUT2D eigenvalue weighted by Crippen LogP contribution is -2.44. The number of carbonyl (C=O) groups is 5. The number of H-pyrrole nitrogens is 1. The zero-order chi connectivity index (χ0) is 30.4. The van der Waals surface area contributed by atoms with Crippen molar-refractivity contribution < 1.29 is 29.1 Å². The van der Waals surface area contributed by atoms with Crippen LogP contribution in [-0.2, 0) is 20.8 Å². The van der Waals surface area contributed by atoms with Crippen LogP contribution in [0.3, 0.4) is 0 Å². The number of nitrogens with two attached hydrogens (primary N) is 1. The maximum atomic E-state index is 14.2. The van der Waals surface area contributed by atoms with E-state index in [2.05, 4.69) is 10.3 Å². The summed E-state index contributed by atoms with van der Waals surface area (Å²) in [6.07, 6.45) is -0.168. The molecule has 4 aromatic rings. The number of nitrogens with one attached hydrogen (secondary N) is 2. The van der Waals surface area contributed by atoms with Gasteiger partial charge < -0.3 is 21.1 Å². The van der Waals surface area contributed by atoms with E-state index in [-0.39, 0.29) is 30.5 Å². The number of amides is 5. The van der Waals surface area contributed by atoms with E-state index in [9.17, 15) is 29.1 Å². The standard InChI is InChI=1S/C32H29N5O6/c1-17-10-12-18(13-11-17)28-27-21(19-6-2-4-8-22(19)34-27)16-25-30(40)37(32(43)36(25)28)24-9-5-3-7-20(24)29(39)35-23(31(41)42)14-15-26(33)38/h2-13,23,25,28,34H,14-16H2,1H3,(H2,33,38)(H,35,39)(H,41,42)/t23-,25+,28+/m1/s1. The van der Waals surface area contributed by atoms with E-state index in [1.165, 1.54) is 12.1 Å². The number of carbonyl (C=O) groups excluding carboxylic acids is 4. The fraction of sp³-hybridized carbons (Fsp3) is 0.219. The molecule has 43 heavy (non-hydrogen) atoms. The third kappa shape index (κ3) is 4.78. The van der Waals surface area contributed by atoms with Gasteiger partial charge in [-0.25, -0.2) is 14.5 Å². The molecule has 1 fully saturated rings. The summed E-state index contributed by atoms with van der Waals surface area (Å²) in [5, 5.41) is 13.0. The molecule has 2 aliphatic heterocycles. The van der Waals surface area contributed by atoms with Gasteiger partial charge in [0.2, 0.25) is 5.91 Å². The summed E-state index contributed by atoms with van der Waals surface area (Å²) in [5.41, 5.74) is 9.72. The first kappa shape index (κ1) is 27.7. The van der Waals surface area contributed by atoms with Gasteiger partial charge in [-0.3, -0.25) is 19.3 Å². The Morgan fingerprint density at radius 3 is 2.44 bits per heavy atom. The van der Waals surface area contributed by atoms with Crippen LogP contribution in [0.5, 0.6) is 0 Å². The Morgan fingerprint density at radius 2 is 1.72 bits per heavy atom. The van der Waals surface area contributed by atoms with Crippen molar-refractivity contribution in [1.29, 1.82) is 0 Å². The molecule has 0 unspecified atom stereocenters. The van der Waals surface area contributed by atoms with Crippen LogP contribution >= 0.6 is 0 Å². The lowest BCUT2D eigenvalue weighted by molar-refractivity contribution is -0.139. The highest BCUT2D eigenvalue weighted by Crippen LogP contribution is 2.45. The van der Waals surface area contributed by atoms with Gasteiger partial charge >= 0.3 is 12.0 Å². The van der Waals surface area contributed by atoms with Crippen LogP contribution in [0.15, 0.2) is 72.8 Å². The molecular weight excluding hydrogens is 550 g/mol. The molecule has 218 valence electrons. The molecule has 0 aliphatic carbocycles. The number of benzene rings is 3. The number of rotatable bonds is 8. The topological polar surface area (TPSA) is 166 Å². The van der Waals surface area contributed by atoms with Crippen LogP contribution in [0.4, 0.5) is 10.5 Å². The molecule has 0 saturated carbocycles. The predicted octanol–water partition coefficient (Wildman–Crippen LogP) is 3.41. The molecule has 5 N–H and O–H groups in total. The number of carboxylic acids is 1.